The van der Waals surface area contributed by atoms with Crippen LogP contribution in [0.3, 0.4) is 0 Å². The number of fused-ring (bicyclic) bond motifs is 5. The summed E-state index contributed by atoms with van der Waals surface area (Å²) in [6.45, 7) is 3.64. The number of esters is 1. The van der Waals surface area contributed by atoms with E-state index < -0.39 is 21.9 Å². The number of methoxy groups -OCH3 is 2. The van der Waals surface area contributed by atoms with Crippen LogP contribution < -0.4 is 4.18 Å². The van der Waals surface area contributed by atoms with Gasteiger partial charge in [-0.05, 0) is 36.8 Å². The van der Waals surface area contributed by atoms with E-state index in [1.165, 1.54) is 13.2 Å². The standard InChI is InChI=1S/C22H30N2O8S/c1-4-13-11-24-9-8-22(26)19-16(6-5-7-18(19)32-33(27,28)29)23-20(22)17(24)10-14(13)15(12-30-2)21(25)31-3/h5-7,13-15,17,26H,4,8-12H2,1-3H3,(H,27,28,29)/t13-,14+,15?,17+,22+/m1/s1. The second-order valence-electron chi connectivity index (χ2n) is 8.93. The third kappa shape index (κ3) is 4.28. The van der Waals surface area contributed by atoms with Crippen molar-refractivity contribution in [1.82, 2.24) is 4.90 Å². The van der Waals surface area contributed by atoms with Gasteiger partial charge in [-0.25, -0.2) is 0 Å². The minimum atomic E-state index is -4.77. The van der Waals surface area contributed by atoms with E-state index in [0.717, 1.165) is 13.0 Å². The van der Waals surface area contributed by atoms with E-state index >= 15 is 0 Å². The maximum Gasteiger partial charge on any atom is 0.446 e. The molecule has 0 radical (unpaired) electrons. The SMILES string of the molecule is CC[C@@H]1CN2CC[C@@]3(O)C(=Nc4cccc(OS(=O)(=O)O)c43)[C@@H]2C[C@@H]1C(COC)C(=O)OC. The van der Waals surface area contributed by atoms with Gasteiger partial charge in [-0.3, -0.25) is 19.2 Å². The van der Waals surface area contributed by atoms with Gasteiger partial charge in [0.1, 0.15) is 5.60 Å². The highest BCUT2D eigenvalue weighted by Crippen LogP contribution is 2.51. The summed E-state index contributed by atoms with van der Waals surface area (Å²) in [6.07, 6.45) is 1.76. The predicted molar refractivity (Wildman–Crippen MR) is 119 cm³/mol. The predicted octanol–water partition coefficient (Wildman–Crippen LogP) is 1.70. The molecule has 4 rings (SSSR count). The summed E-state index contributed by atoms with van der Waals surface area (Å²) in [6, 6.07) is 4.38. The number of rotatable bonds is 7. The number of carbonyl (C=O) groups excluding carboxylic acids is 1. The molecule has 0 aromatic heterocycles. The number of benzene rings is 1. The average Bonchev–Trinajstić information content (AvgIpc) is 3.09. The van der Waals surface area contributed by atoms with Gasteiger partial charge < -0.3 is 18.8 Å². The number of hydrogen-bond acceptors (Lipinski definition) is 9. The van der Waals surface area contributed by atoms with Crippen molar-refractivity contribution in [3.63, 3.8) is 0 Å². The highest BCUT2D eigenvalue weighted by atomic mass is 32.3. The summed E-state index contributed by atoms with van der Waals surface area (Å²) in [4.78, 5) is 19.5. The largest absolute Gasteiger partial charge is 0.469 e. The molecule has 3 aliphatic rings. The zero-order valence-electron chi connectivity index (χ0n) is 18.9. The van der Waals surface area contributed by atoms with Crippen LogP contribution in [0.15, 0.2) is 23.2 Å². The van der Waals surface area contributed by atoms with Gasteiger partial charge in [0.15, 0.2) is 5.75 Å². The zero-order valence-corrected chi connectivity index (χ0v) is 19.7. The van der Waals surface area contributed by atoms with Gasteiger partial charge in [-0.1, -0.05) is 19.4 Å². The summed E-state index contributed by atoms with van der Waals surface area (Å²) < 4.78 is 47.1. The molecule has 182 valence electrons. The Morgan fingerprint density at radius 1 is 1.36 bits per heavy atom. The first kappa shape index (κ1) is 24.1. The monoisotopic (exact) mass is 482 g/mol. The van der Waals surface area contributed by atoms with Crippen LogP contribution >= 0.6 is 0 Å². The molecular weight excluding hydrogens is 452 g/mol. The van der Waals surface area contributed by atoms with E-state index in [4.69, 9.17) is 18.6 Å². The van der Waals surface area contributed by atoms with Crippen LogP contribution in [0.2, 0.25) is 0 Å². The van der Waals surface area contributed by atoms with Crippen molar-refractivity contribution in [3.8, 4) is 5.75 Å². The summed E-state index contributed by atoms with van der Waals surface area (Å²) in [5.74, 6) is -0.694. The van der Waals surface area contributed by atoms with E-state index in [1.807, 2.05) is 0 Å². The van der Waals surface area contributed by atoms with Crippen LogP contribution in [0, 0.1) is 17.8 Å². The number of ether oxygens (including phenoxy) is 2. The highest BCUT2D eigenvalue weighted by Gasteiger charge is 2.55. The van der Waals surface area contributed by atoms with E-state index in [2.05, 4.69) is 11.8 Å². The summed E-state index contributed by atoms with van der Waals surface area (Å²) in [7, 11) is -1.85. The number of carbonyl (C=O) groups is 1. The lowest BCUT2D eigenvalue weighted by Crippen LogP contribution is -2.61. The molecule has 33 heavy (non-hydrogen) atoms. The molecule has 0 amide bonds. The third-order valence-corrected chi connectivity index (χ3v) is 7.65. The fraction of sp³-hybridized carbons (Fsp3) is 0.636. The number of aliphatic hydroxyl groups is 1. The number of aliphatic imine (C=N–C) groups is 1. The Hall–Kier alpha value is -2.05. The zero-order chi connectivity index (χ0) is 24.0. The van der Waals surface area contributed by atoms with Gasteiger partial charge in [0.25, 0.3) is 0 Å². The van der Waals surface area contributed by atoms with Crippen molar-refractivity contribution in [1.29, 1.82) is 0 Å². The normalized spacial score (nSPS) is 30.0. The smallest absolute Gasteiger partial charge is 0.446 e. The van der Waals surface area contributed by atoms with Crippen molar-refractivity contribution in [2.24, 2.45) is 22.7 Å². The maximum absolute atomic E-state index is 12.6. The molecule has 3 heterocycles. The van der Waals surface area contributed by atoms with Crippen LogP contribution in [-0.4, -0.2) is 74.6 Å². The van der Waals surface area contributed by atoms with Crippen molar-refractivity contribution in [3.05, 3.63) is 23.8 Å². The Bertz CT molecular complexity index is 1060. The maximum atomic E-state index is 12.6. The van der Waals surface area contributed by atoms with Gasteiger partial charge in [-0.2, -0.15) is 8.42 Å². The van der Waals surface area contributed by atoms with Crippen LogP contribution in [0.5, 0.6) is 5.75 Å². The van der Waals surface area contributed by atoms with Crippen molar-refractivity contribution >= 4 is 27.8 Å². The first-order chi connectivity index (χ1) is 15.6. The Balaban J connectivity index is 1.71. The summed E-state index contributed by atoms with van der Waals surface area (Å²) >= 11 is 0. The molecule has 10 nitrogen and oxygen atoms in total. The minimum Gasteiger partial charge on any atom is -0.469 e. The van der Waals surface area contributed by atoms with Crippen molar-refractivity contribution < 1.29 is 36.5 Å². The van der Waals surface area contributed by atoms with Gasteiger partial charge in [0.2, 0.25) is 0 Å². The molecule has 0 aliphatic carbocycles. The summed E-state index contributed by atoms with van der Waals surface area (Å²) in [5.41, 5.74) is -0.363. The third-order valence-electron chi connectivity index (χ3n) is 7.26. The molecule has 0 spiro atoms. The van der Waals surface area contributed by atoms with Gasteiger partial charge in [-0.15, -0.1) is 0 Å². The number of piperidine rings is 2. The summed E-state index contributed by atoms with van der Waals surface area (Å²) in [5, 5.41) is 11.8. The Morgan fingerprint density at radius 3 is 2.76 bits per heavy atom. The molecule has 0 saturated carbocycles. The van der Waals surface area contributed by atoms with Gasteiger partial charge >= 0.3 is 16.4 Å². The highest BCUT2D eigenvalue weighted by molar-refractivity contribution is 7.81. The van der Waals surface area contributed by atoms with E-state index in [0.29, 0.717) is 30.8 Å². The lowest BCUT2D eigenvalue weighted by Gasteiger charge is -2.51. The molecular formula is C22H30N2O8S. The molecule has 2 N–H and O–H groups in total. The Kier molecular flexibility index (Phi) is 6.53. The van der Waals surface area contributed by atoms with E-state index in [9.17, 15) is 22.9 Å². The number of hydrogen-bond donors (Lipinski definition) is 2. The first-order valence-electron chi connectivity index (χ1n) is 11.1. The lowest BCUT2D eigenvalue weighted by atomic mass is 9.68. The Morgan fingerprint density at radius 2 is 2.12 bits per heavy atom. The van der Waals surface area contributed by atoms with Crippen LogP contribution in [-0.2, 0) is 30.3 Å². The molecule has 0 bridgehead atoms. The molecule has 2 fully saturated rings. The molecule has 1 unspecified atom stereocenters. The second-order valence-corrected chi connectivity index (χ2v) is 9.95. The van der Waals surface area contributed by atoms with E-state index in [1.54, 1.807) is 19.2 Å². The minimum absolute atomic E-state index is 0.0362. The average molecular weight is 483 g/mol. The molecule has 2 saturated heterocycles. The van der Waals surface area contributed by atoms with Crippen LogP contribution in [0.4, 0.5) is 5.69 Å². The van der Waals surface area contributed by atoms with Crippen LogP contribution in [0.1, 0.15) is 31.7 Å². The topological polar surface area (TPSA) is 135 Å². The number of nitrogens with zero attached hydrogens (tertiary/aromatic N) is 2. The van der Waals surface area contributed by atoms with Gasteiger partial charge in [0, 0.05) is 20.2 Å². The van der Waals surface area contributed by atoms with Crippen molar-refractivity contribution in [2.75, 3.05) is 33.9 Å². The molecule has 11 heteroatoms. The van der Waals surface area contributed by atoms with E-state index in [-0.39, 0.29) is 41.8 Å². The fourth-order valence-electron chi connectivity index (χ4n) is 5.79. The lowest BCUT2D eigenvalue weighted by molar-refractivity contribution is -0.152. The van der Waals surface area contributed by atoms with Gasteiger partial charge in [0.05, 0.1) is 42.6 Å². The van der Waals surface area contributed by atoms with Crippen LogP contribution in [0.25, 0.3) is 0 Å². The fourth-order valence-corrected chi connectivity index (χ4v) is 6.15. The quantitative estimate of drug-likeness (QED) is 0.440. The second kappa shape index (κ2) is 8.95. The molecule has 1 aromatic carbocycles. The first-order valence-corrected chi connectivity index (χ1v) is 12.4. The Labute approximate surface area is 193 Å². The van der Waals surface area contributed by atoms with Crippen molar-refractivity contribution in [2.45, 2.75) is 37.8 Å². The molecule has 5 atom stereocenters. The molecule has 1 aromatic rings. The molecule has 3 aliphatic heterocycles.